The maximum atomic E-state index is 10.9. The van der Waals surface area contributed by atoms with E-state index in [1.807, 2.05) is 0 Å². The van der Waals surface area contributed by atoms with Gasteiger partial charge in [-0.15, -0.1) is 6.42 Å². The van der Waals surface area contributed by atoms with Crippen LogP contribution in [-0.4, -0.2) is 16.9 Å². The van der Waals surface area contributed by atoms with Crippen LogP contribution in [0.15, 0.2) is 24.3 Å². The number of hydrogen-bond donors (Lipinski definition) is 1. The van der Waals surface area contributed by atoms with Crippen molar-refractivity contribution < 1.29 is 14.7 Å². The van der Waals surface area contributed by atoms with Crippen molar-refractivity contribution in [3.05, 3.63) is 35.4 Å². The van der Waals surface area contributed by atoms with Gasteiger partial charge < -0.3 is 5.11 Å². The van der Waals surface area contributed by atoms with E-state index in [2.05, 4.69) is 5.92 Å². The fraction of sp³-hybridized carbons (Fsp3) is 0. The summed E-state index contributed by atoms with van der Waals surface area (Å²) in [7, 11) is 0. The van der Waals surface area contributed by atoms with Crippen LogP contribution >= 0.6 is 0 Å². The Morgan fingerprint density at radius 3 is 2.15 bits per heavy atom. The zero-order valence-electron chi connectivity index (χ0n) is 6.65. The smallest absolute Gasteiger partial charge is 0.377 e. The average Bonchev–Trinajstić information content (AvgIpc) is 2.17. The van der Waals surface area contributed by atoms with Crippen molar-refractivity contribution in [2.45, 2.75) is 0 Å². The molecule has 0 saturated heterocycles. The van der Waals surface area contributed by atoms with Gasteiger partial charge >= 0.3 is 5.97 Å². The molecule has 0 aliphatic carbocycles. The van der Waals surface area contributed by atoms with Crippen molar-refractivity contribution in [1.29, 1.82) is 0 Å². The van der Waals surface area contributed by atoms with Gasteiger partial charge in [-0.3, -0.25) is 4.79 Å². The van der Waals surface area contributed by atoms with Crippen LogP contribution in [0.5, 0.6) is 0 Å². The normalized spacial score (nSPS) is 8.85. The van der Waals surface area contributed by atoms with E-state index in [-0.39, 0.29) is 5.56 Å². The molecule has 0 atom stereocenters. The Kier molecular flexibility index (Phi) is 2.46. The number of hydrogen-bond acceptors (Lipinski definition) is 2. The third-order valence-corrected chi connectivity index (χ3v) is 1.51. The molecule has 0 radical (unpaired) electrons. The highest BCUT2D eigenvalue weighted by Crippen LogP contribution is 2.03. The first-order valence-electron chi connectivity index (χ1n) is 3.49. The van der Waals surface area contributed by atoms with Gasteiger partial charge in [-0.2, -0.15) is 0 Å². The van der Waals surface area contributed by atoms with Crippen molar-refractivity contribution in [3.63, 3.8) is 0 Å². The highest BCUT2D eigenvalue weighted by atomic mass is 16.4. The summed E-state index contributed by atoms with van der Waals surface area (Å²) in [4.78, 5) is 21.2. The number of terminal acetylenes is 1. The number of ketones is 1. The lowest BCUT2D eigenvalue weighted by molar-refractivity contribution is -0.131. The lowest BCUT2D eigenvalue weighted by Gasteiger charge is -1.95. The SMILES string of the molecule is C#Cc1ccc(C(=O)C(=O)O)cc1. The molecule has 0 heterocycles. The molecule has 0 bridgehead atoms. The summed E-state index contributed by atoms with van der Waals surface area (Å²) in [6.07, 6.45) is 5.08. The molecule has 0 spiro atoms. The lowest BCUT2D eigenvalue weighted by atomic mass is 10.1. The number of benzene rings is 1. The molecule has 0 amide bonds. The summed E-state index contributed by atoms with van der Waals surface area (Å²) in [5, 5.41) is 8.37. The number of aliphatic carboxylic acids is 1. The van der Waals surface area contributed by atoms with Gasteiger partial charge in [0.05, 0.1) is 0 Å². The quantitative estimate of drug-likeness (QED) is 0.412. The average molecular weight is 174 g/mol. The molecule has 3 nitrogen and oxygen atoms in total. The summed E-state index contributed by atoms with van der Waals surface area (Å²) in [6.45, 7) is 0. The molecule has 0 unspecified atom stereocenters. The van der Waals surface area contributed by atoms with Crippen molar-refractivity contribution in [3.8, 4) is 12.3 Å². The van der Waals surface area contributed by atoms with E-state index < -0.39 is 11.8 Å². The molecule has 0 aliphatic rings. The van der Waals surface area contributed by atoms with Crippen LogP contribution < -0.4 is 0 Å². The molecule has 13 heavy (non-hydrogen) atoms. The molecule has 0 saturated carbocycles. The monoisotopic (exact) mass is 174 g/mol. The molecule has 0 aliphatic heterocycles. The van der Waals surface area contributed by atoms with E-state index in [9.17, 15) is 9.59 Å². The largest absolute Gasteiger partial charge is 0.475 e. The highest BCUT2D eigenvalue weighted by Gasteiger charge is 2.13. The van der Waals surface area contributed by atoms with Gasteiger partial charge in [0.15, 0.2) is 0 Å². The van der Waals surface area contributed by atoms with E-state index in [1.165, 1.54) is 24.3 Å². The van der Waals surface area contributed by atoms with Crippen molar-refractivity contribution in [2.24, 2.45) is 0 Å². The number of rotatable bonds is 2. The fourth-order valence-corrected chi connectivity index (χ4v) is 0.841. The second-order valence-corrected chi connectivity index (χ2v) is 2.36. The molecule has 1 rings (SSSR count). The van der Waals surface area contributed by atoms with Crippen molar-refractivity contribution in [1.82, 2.24) is 0 Å². The Morgan fingerprint density at radius 2 is 1.77 bits per heavy atom. The topological polar surface area (TPSA) is 54.4 Å². The first-order valence-corrected chi connectivity index (χ1v) is 3.49. The molecule has 1 aromatic rings. The van der Waals surface area contributed by atoms with Gasteiger partial charge in [-0.1, -0.05) is 5.92 Å². The van der Waals surface area contributed by atoms with Crippen LogP contribution in [0.2, 0.25) is 0 Å². The van der Waals surface area contributed by atoms with E-state index >= 15 is 0 Å². The van der Waals surface area contributed by atoms with Crippen LogP contribution in [0.4, 0.5) is 0 Å². The van der Waals surface area contributed by atoms with E-state index in [0.717, 1.165) is 0 Å². The number of carbonyl (C=O) groups is 2. The number of carboxylic acid groups (broad SMARTS) is 1. The van der Waals surface area contributed by atoms with Crippen LogP contribution in [0.25, 0.3) is 0 Å². The van der Waals surface area contributed by atoms with Gasteiger partial charge in [0.25, 0.3) is 5.78 Å². The van der Waals surface area contributed by atoms with Crippen molar-refractivity contribution in [2.75, 3.05) is 0 Å². The minimum absolute atomic E-state index is 0.131. The molecule has 0 fully saturated rings. The Balaban J connectivity index is 3.01. The van der Waals surface area contributed by atoms with Gasteiger partial charge in [0, 0.05) is 11.1 Å². The molecular weight excluding hydrogens is 168 g/mol. The molecule has 1 N–H and O–H groups in total. The minimum Gasteiger partial charge on any atom is -0.475 e. The molecule has 0 aromatic heterocycles. The Hall–Kier alpha value is -2.08. The van der Waals surface area contributed by atoms with E-state index in [1.54, 1.807) is 0 Å². The van der Waals surface area contributed by atoms with Gasteiger partial charge in [0.1, 0.15) is 0 Å². The van der Waals surface area contributed by atoms with Crippen LogP contribution in [0, 0.1) is 12.3 Å². The second kappa shape index (κ2) is 3.55. The molecular formula is C10H6O3. The van der Waals surface area contributed by atoms with Gasteiger partial charge in [0.2, 0.25) is 0 Å². The molecule has 1 aromatic carbocycles. The third-order valence-electron chi connectivity index (χ3n) is 1.51. The summed E-state index contributed by atoms with van der Waals surface area (Å²) in [5.41, 5.74) is 0.744. The minimum atomic E-state index is -1.46. The first-order chi connectivity index (χ1) is 6.15. The van der Waals surface area contributed by atoms with E-state index in [4.69, 9.17) is 11.5 Å². The third kappa shape index (κ3) is 1.94. The maximum absolute atomic E-state index is 10.9. The Bertz CT molecular complexity index is 382. The summed E-state index contributed by atoms with van der Waals surface area (Å²) in [5.74, 6) is -0.0280. The second-order valence-electron chi connectivity index (χ2n) is 2.36. The van der Waals surface area contributed by atoms with Gasteiger partial charge in [-0.25, -0.2) is 4.79 Å². The summed E-state index contributed by atoms with van der Waals surface area (Å²) < 4.78 is 0. The predicted octanol–water partition coefficient (Wildman–Crippen LogP) is 0.935. The zero-order valence-corrected chi connectivity index (χ0v) is 6.65. The Labute approximate surface area is 75.0 Å². The lowest BCUT2D eigenvalue weighted by Crippen LogP contribution is -2.12. The van der Waals surface area contributed by atoms with E-state index in [0.29, 0.717) is 5.56 Å². The standard InChI is InChI=1S/C10H6O3/c1-2-7-3-5-8(6-4-7)9(11)10(12)13/h1,3-6H,(H,12,13). The number of carboxylic acids is 1. The molecule has 64 valence electrons. The van der Waals surface area contributed by atoms with Crippen LogP contribution in [0.3, 0.4) is 0 Å². The van der Waals surface area contributed by atoms with Crippen LogP contribution in [-0.2, 0) is 4.79 Å². The Morgan fingerprint density at radius 1 is 1.23 bits per heavy atom. The highest BCUT2D eigenvalue weighted by molar-refractivity contribution is 6.39. The van der Waals surface area contributed by atoms with Crippen molar-refractivity contribution >= 4 is 11.8 Å². The maximum Gasteiger partial charge on any atom is 0.377 e. The first kappa shape index (κ1) is 9.01. The predicted molar refractivity (Wildman–Crippen MR) is 46.3 cm³/mol. The summed E-state index contributed by atoms with van der Waals surface area (Å²) in [6, 6.07) is 5.84. The number of Topliss-reactive ketones (excluding diaryl/α,β-unsaturated/α-hetero) is 1. The van der Waals surface area contributed by atoms with Gasteiger partial charge in [-0.05, 0) is 24.3 Å². The van der Waals surface area contributed by atoms with Crippen LogP contribution in [0.1, 0.15) is 15.9 Å². The fourth-order valence-electron chi connectivity index (χ4n) is 0.841. The summed E-state index contributed by atoms with van der Waals surface area (Å²) >= 11 is 0. The number of carbonyl (C=O) groups excluding carboxylic acids is 1. The zero-order chi connectivity index (χ0) is 9.84. The molecule has 3 heteroatoms.